The third-order valence-electron chi connectivity index (χ3n) is 2.81. The van der Waals surface area contributed by atoms with Crippen molar-refractivity contribution in [3.8, 4) is 5.75 Å². The fourth-order valence-corrected chi connectivity index (χ4v) is 2.28. The molecular formula is C15H13BrClNO2. The first-order valence-electron chi connectivity index (χ1n) is 5.97. The summed E-state index contributed by atoms with van der Waals surface area (Å²) in [4.78, 5) is 12.1. The van der Waals surface area contributed by atoms with Crippen LogP contribution >= 0.6 is 27.5 Å². The smallest absolute Gasteiger partial charge is 0.253 e. The van der Waals surface area contributed by atoms with Gasteiger partial charge < -0.3 is 10.1 Å². The van der Waals surface area contributed by atoms with Gasteiger partial charge in [-0.1, -0.05) is 29.8 Å². The number of ether oxygens (including phenoxy) is 1. The second-order valence-electron chi connectivity index (χ2n) is 4.13. The summed E-state index contributed by atoms with van der Waals surface area (Å²) in [5.41, 5.74) is 1.44. The number of amides is 1. The third kappa shape index (κ3) is 3.52. The van der Waals surface area contributed by atoms with Crippen LogP contribution in [0, 0.1) is 0 Å². The number of rotatable bonds is 4. The highest BCUT2D eigenvalue weighted by Gasteiger charge is 2.11. The van der Waals surface area contributed by atoms with Gasteiger partial charge in [0.1, 0.15) is 5.75 Å². The molecule has 0 aliphatic carbocycles. The molecule has 0 bridgehead atoms. The van der Waals surface area contributed by atoms with Crippen molar-refractivity contribution in [3.05, 3.63) is 63.1 Å². The molecule has 20 heavy (non-hydrogen) atoms. The van der Waals surface area contributed by atoms with Crippen molar-refractivity contribution in [1.29, 1.82) is 0 Å². The van der Waals surface area contributed by atoms with E-state index in [1.165, 1.54) is 0 Å². The van der Waals surface area contributed by atoms with Gasteiger partial charge in [0, 0.05) is 11.0 Å². The molecule has 2 aromatic carbocycles. The lowest BCUT2D eigenvalue weighted by molar-refractivity contribution is 0.0951. The highest BCUT2D eigenvalue weighted by atomic mass is 79.9. The number of hydrogen-bond acceptors (Lipinski definition) is 2. The van der Waals surface area contributed by atoms with Crippen LogP contribution in [0.3, 0.4) is 0 Å². The molecule has 2 rings (SSSR count). The Labute approximate surface area is 131 Å². The Morgan fingerprint density at radius 1 is 1.25 bits per heavy atom. The van der Waals surface area contributed by atoms with Crippen LogP contribution in [-0.2, 0) is 6.54 Å². The van der Waals surface area contributed by atoms with Gasteiger partial charge in [-0.3, -0.25) is 4.79 Å². The highest BCUT2D eigenvalue weighted by Crippen LogP contribution is 2.25. The zero-order valence-corrected chi connectivity index (χ0v) is 13.2. The third-order valence-corrected chi connectivity index (χ3v) is 4.10. The molecule has 0 aromatic heterocycles. The van der Waals surface area contributed by atoms with Gasteiger partial charge in [-0.25, -0.2) is 0 Å². The molecule has 0 aliphatic rings. The minimum Gasteiger partial charge on any atom is -0.497 e. The van der Waals surface area contributed by atoms with Crippen LogP contribution in [0.4, 0.5) is 0 Å². The molecule has 0 aliphatic heterocycles. The Balaban J connectivity index is 2.02. The van der Waals surface area contributed by atoms with Crippen molar-refractivity contribution < 1.29 is 9.53 Å². The van der Waals surface area contributed by atoms with E-state index in [9.17, 15) is 4.79 Å². The average molecular weight is 355 g/mol. The lowest BCUT2D eigenvalue weighted by Crippen LogP contribution is -2.23. The van der Waals surface area contributed by atoms with Crippen LogP contribution in [0.25, 0.3) is 0 Å². The molecule has 0 saturated carbocycles. The van der Waals surface area contributed by atoms with Gasteiger partial charge in [0.05, 0.1) is 17.7 Å². The summed E-state index contributed by atoms with van der Waals surface area (Å²) in [5, 5.41) is 3.25. The average Bonchev–Trinajstić information content (AvgIpc) is 2.48. The molecule has 0 spiro atoms. The standard InChI is InChI=1S/C15H13BrClNO2/c1-20-11-7-5-10(6-8-11)9-18-15(19)12-3-2-4-13(16)14(12)17/h2-8H,9H2,1H3,(H,18,19). The Morgan fingerprint density at radius 3 is 2.60 bits per heavy atom. The summed E-state index contributed by atoms with van der Waals surface area (Å²) in [5.74, 6) is 0.585. The number of benzene rings is 2. The fourth-order valence-electron chi connectivity index (χ4n) is 1.70. The van der Waals surface area contributed by atoms with Gasteiger partial charge in [-0.15, -0.1) is 0 Å². The Hall–Kier alpha value is -1.52. The van der Waals surface area contributed by atoms with Crippen molar-refractivity contribution in [2.75, 3.05) is 7.11 Å². The lowest BCUT2D eigenvalue weighted by atomic mass is 10.2. The van der Waals surface area contributed by atoms with E-state index < -0.39 is 0 Å². The van der Waals surface area contributed by atoms with Crippen molar-refractivity contribution in [1.82, 2.24) is 5.32 Å². The van der Waals surface area contributed by atoms with Crippen molar-refractivity contribution in [2.45, 2.75) is 6.54 Å². The second kappa shape index (κ2) is 6.77. The van der Waals surface area contributed by atoms with Crippen molar-refractivity contribution in [2.24, 2.45) is 0 Å². The molecule has 0 atom stereocenters. The van der Waals surface area contributed by atoms with E-state index in [0.717, 1.165) is 11.3 Å². The zero-order valence-electron chi connectivity index (χ0n) is 10.8. The van der Waals surface area contributed by atoms with Crippen molar-refractivity contribution in [3.63, 3.8) is 0 Å². The van der Waals surface area contributed by atoms with Crippen LogP contribution in [0.5, 0.6) is 5.75 Å². The van der Waals surface area contributed by atoms with Crippen LogP contribution < -0.4 is 10.1 Å². The van der Waals surface area contributed by atoms with Crippen LogP contribution in [0.2, 0.25) is 5.02 Å². The first kappa shape index (κ1) is 14.9. The molecule has 2 aromatic rings. The maximum Gasteiger partial charge on any atom is 0.253 e. The van der Waals surface area contributed by atoms with E-state index in [-0.39, 0.29) is 5.91 Å². The molecule has 0 radical (unpaired) electrons. The zero-order chi connectivity index (χ0) is 14.5. The number of carbonyl (C=O) groups is 1. The van der Waals surface area contributed by atoms with E-state index in [2.05, 4.69) is 21.2 Å². The van der Waals surface area contributed by atoms with Crippen LogP contribution in [0.15, 0.2) is 46.9 Å². The Kier molecular flexibility index (Phi) is 5.04. The summed E-state index contributed by atoms with van der Waals surface area (Å²) < 4.78 is 5.79. The quantitative estimate of drug-likeness (QED) is 0.900. The van der Waals surface area contributed by atoms with Gasteiger partial charge in [-0.2, -0.15) is 0 Å². The minimum atomic E-state index is -0.202. The summed E-state index contributed by atoms with van der Waals surface area (Å²) in [6.07, 6.45) is 0. The largest absolute Gasteiger partial charge is 0.497 e. The van der Waals surface area contributed by atoms with Crippen molar-refractivity contribution >= 4 is 33.4 Å². The summed E-state index contributed by atoms with van der Waals surface area (Å²) in [6, 6.07) is 12.8. The van der Waals surface area contributed by atoms with Gasteiger partial charge in [0.2, 0.25) is 0 Å². The molecule has 5 heteroatoms. The molecule has 0 heterocycles. The number of nitrogens with one attached hydrogen (secondary N) is 1. The normalized spacial score (nSPS) is 10.2. The van der Waals surface area contributed by atoms with E-state index >= 15 is 0 Å². The molecule has 3 nitrogen and oxygen atoms in total. The predicted octanol–water partition coefficient (Wildman–Crippen LogP) is 4.04. The molecule has 0 saturated heterocycles. The second-order valence-corrected chi connectivity index (χ2v) is 5.36. The summed E-state index contributed by atoms with van der Waals surface area (Å²) in [6.45, 7) is 0.436. The van der Waals surface area contributed by atoms with Gasteiger partial charge in [-0.05, 0) is 45.8 Å². The molecular weight excluding hydrogens is 342 g/mol. The van der Waals surface area contributed by atoms with Gasteiger partial charge >= 0.3 is 0 Å². The topological polar surface area (TPSA) is 38.3 Å². The van der Waals surface area contributed by atoms with Gasteiger partial charge in [0.25, 0.3) is 5.91 Å². The van der Waals surface area contributed by atoms with Crippen LogP contribution in [-0.4, -0.2) is 13.0 Å². The van der Waals surface area contributed by atoms with E-state index in [1.54, 1.807) is 25.3 Å². The van der Waals surface area contributed by atoms with E-state index in [1.807, 2.05) is 24.3 Å². The number of halogens is 2. The van der Waals surface area contributed by atoms with Gasteiger partial charge in [0.15, 0.2) is 0 Å². The number of hydrogen-bond donors (Lipinski definition) is 1. The Morgan fingerprint density at radius 2 is 1.95 bits per heavy atom. The lowest BCUT2D eigenvalue weighted by Gasteiger charge is -2.08. The number of carbonyl (C=O) groups excluding carboxylic acids is 1. The maximum atomic E-state index is 12.1. The molecule has 1 N–H and O–H groups in total. The SMILES string of the molecule is COc1ccc(CNC(=O)c2cccc(Br)c2Cl)cc1. The monoisotopic (exact) mass is 353 g/mol. The summed E-state index contributed by atoms with van der Waals surface area (Å²) >= 11 is 9.39. The highest BCUT2D eigenvalue weighted by molar-refractivity contribution is 9.10. The van der Waals surface area contributed by atoms with E-state index in [4.69, 9.17) is 16.3 Å². The maximum absolute atomic E-state index is 12.1. The molecule has 0 unspecified atom stereocenters. The molecule has 0 fully saturated rings. The first-order chi connectivity index (χ1) is 9.61. The van der Waals surface area contributed by atoms with E-state index in [0.29, 0.717) is 21.6 Å². The molecule has 104 valence electrons. The first-order valence-corrected chi connectivity index (χ1v) is 7.14. The fraction of sp³-hybridized carbons (Fsp3) is 0.133. The minimum absolute atomic E-state index is 0.202. The summed E-state index contributed by atoms with van der Waals surface area (Å²) in [7, 11) is 1.62. The number of methoxy groups -OCH3 is 1. The predicted molar refractivity (Wildman–Crippen MR) is 83.3 cm³/mol. The Bertz CT molecular complexity index is 614. The van der Waals surface area contributed by atoms with Crippen LogP contribution in [0.1, 0.15) is 15.9 Å². The molecule has 1 amide bonds.